The summed E-state index contributed by atoms with van der Waals surface area (Å²) in [4.78, 5) is 6.32. The van der Waals surface area contributed by atoms with Crippen molar-refractivity contribution in [1.29, 1.82) is 0 Å². The SMILES string of the molecule is [C-]#[N+]CC1(C(C)(C)C)CCN(Cc2ccc(-c3ccc(OC)cc3)cc2)CC1. The third kappa shape index (κ3) is 4.39. The van der Waals surface area contributed by atoms with E-state index < -0.39 is 0 Å². The van der Waals surface area contributed by atoms with Crippen LogP contribution in [-0.2, 0) is 6.54 Å². The summed E-state index contributed by atoms with van der Waals surface area (Å²) in [6.45, 7) is 18.1. The van der Waals surface area contributed by atoms with Crippen molar-refractivity contribution in [1.82, 2.24) is 4.90 Å². The fraction of sp³-hybridized carbons (Fsp3) is 0.480. The van der Waals surface area contributed by atoms with Gasteiger partial charge in [-0.2, -0.15) is 0 Å². The number of hydrogen-bond donors (Lipinski definition) is 0. The average molecular weight is 377 g/mol. The van der Waals surface area contributed by atoms with E-state index in [4.69, 9.17) is 11.3 Å². The average Bonchev–Trinajstić information content (AvgIpc) is 2.69. The highest BCUT2D eigenvalue weighted by Crippen LogP contribution is 2.47. The number of nitrogens with zero attached hydrogens (tertiary/aromatic N) is 2. The van der Waals surface area contributed by atoms with Gasteiger partial charge < -0.3 is 9.58 Å². The lowest BCUT2D eigenvalue weighted by molar-refractivity contribution is 0.0173. The number of likely N-dealkylation sites (tertiary alicyclic amines) is 1. The third-order valence-corrected chi connectivity index (χ3v) is 6.57. The van der Waals surface area contributed by atoms with Gasteiger partial charge in [-0.1, -0.05) is 57.2 Å². The van der Waals surface area contributed by atoms with Gasteiger partial charge in [0.05, 0.1) is 7.11 Å². The van der Waals surface area contributed by atoms with Crippen LogP contribution in [0.5, 0.6) is 5.75 Å². The predicted octanol–water partition coefficient (Wildman–Crippen LogP) is 5.91. The Labute approximate surface area is 170 Å². The van der Waals surface area contributed by atoms with Gasteiger partial charge in [-0.3, -0.25) is 4.90 Å². The maximum absolute atomic E-state index is 7.39. The lowest BCUT2D eigenvalue weighted by atomic mass is 9.61. The van der Waals surface area contributed by atoms with Gasteiger partial charge in [-0.15, -0.1) is 0 Å². The molecule has 0 atom stereocenters. The van der Waals surface area contributed by atoms with E-state index in [0.717, 1.165) is 38.2 Å². The maximum atomic E-state index is 7.39. The molecule has 2 aromatic rings. The zero-order chi connectivity index (χ0) is 20.2. The van der Waals surface area contributed by atoms with E-state index in [2.05, 4.69) is 66.9 Å². The molecular formula is C25H32N2O. The van der Waals surface area contributed by atoms with Gasteiger partial charge in [-0.25, -0.2) is 6.57 Å². The van der Waals surface area contributed by atoms with E-state index in [1.165, 1.54) is 16.7 Å². The molecule has 1 fully saturated rings. The topological polar surface area (TPSA) is 16.8 Å². The summed E-state index contributed by atoms with van der Waals surface area (Å²) in [7, 11) is 1.69. The Bertz CT molecular complexity index is 802. The fourth-order valence-corrected chi connectivity index (χ4v) is 4.28. The molecule has 3 rings (SSSR count). The molecule has 3 nitrogen and oxygen atoms in total. The Morgan fingerprint density at radius 1 is 0.964 bits per heavy atom. The van der Waals surface area contributed by atoms with Crippen LogP contribution < -0.4 is 4.74 Å². The smallest absolute Gasteiger partial charge is 0.220 e. The second kappa shape index (κ2) is 8.37. The predicted molar refractivity (Wildman–Crippen MR) is 116 cm³/mol. The van der Waals surface area contributed by atoms with Crippen molar-refractivity contribution in [3.63, 3.8) is 0 Å². The van der Waals surface area contributed by atoms with E-state index >= 15 is 0 Å². The zero-order valence-electron chi connectivity index (χ0n) is 17.7. The molecule has 1 aliphatic heterocycles. The minimum atomic E-state index is 0.156. The van der Waals surface area contributed by atoms with Gasteiger partial charge in [0.25, 0.3) is 0 Å². The van der Waals surface area contributed by atoms with E-state index in [9.17, 15) is 0 Å². The lowest BCUT2D eigenvalue weighted by Crippen LogP contribution is -2.47. The van der Waals surface area contributed by atoms with E-state index in [1.54, 1.807) is 7.11 Å². The van der Waals surface area contributed by atoms with Gasteiger partial charge in [-0.05, 0) is 60.2 Å². The minimum absolute atomic E-state index is 0.156. The molecule has 1 saturated heterocycles. The lowest BCUT2D eigenvalue weighted by Gasteiger charge is -2.46. The first-order chi connectivity index (χ1) is 13.4. The van der Waals surface area contributed by atoms with E-state index in [1.807, 2.05) is 12.1 Å². The third-order valence-electron chi connectivity index (χ3n) is 6.57. The van der Waals surface area contributed by atoms with Crippen LogP contribution in [0.4, 0.5) is 0 Å². The largest absolute Gasteiger partial charge is 0.497 e. The normalized spacial score (nSPS) is 17.1. The first kappa shape index (κ1) is 20.4. The molecular weight excluding hydrogens is 344 g/mol. The Morgan fingerprint density at radius 3 is 1.96 bits per heavy atom. The molecule has 0 N–H and O–H groups in total. The van der Waals surface area contributed by atoms with Gasteiger partial charge in [0, 0.05) is 12.0 Å². The Hall–Kier alpha value is -2.31. The van der Waals surface area contributed by atoms with Crippen LogP contribution in [0.25, 0.3) is 16.0 Å². The molecule has 0 saturated carbocycles. The van der Waals surface area contributed by atoms with Crippen molar-refractivity contribution in [2.75, 3.05) is 26.7 Å². The first-order valence-electron chi connectivity index (χ1n) is 10.2. The molecule has 0 spiro atoms. The highest BCUT2D eigenvalue weighted by Gasteiger charge is 2.46. The van der Waals surface area contributed by atoms with Crippen molar-refractivity contribution in [3.8, 4) is 16.9 Å². The quantitative estimate of drug-likeness (QED) is 0.603. The molecule has 148 valence electrons. The molecule has 0 aromatic heterocycles. The number of methoxy groups -OCH3 is 1. The zero-order valence-corrected chi connectivity index (χ0v) is 17.7. The Balaban J connectivity index is 1.61. The molecule has 3 heteroatoms. The number of piperidine rings is 1. The monoisotopic (exact) mass is 376 g/mol. The van der Waals surface area contributed by atoms with Gasteiger partial charge >= 0.3 is 0 Å². The summed E-state index contributed by atoms with van der Waals surface area (Å²) in [6, 6.07) is 17.1. The van der Waals surface area contributed by atoms with Gasteiger partial charge in [0.1, 0.15) is 5.75 Å². The van der Waals surface area contributed by atoms with Crippen LogP contribution in [0.3, 0.4) is 0 Å². The number of rotatable bonds is 5. The summed E-state index contributed by atoms with van der Waals surface area (Å²) in [6.07, 6.45) is 2.23. The second-order valence-electron chi connectivity index (χ2n) is 9.05. The van der Waals surface area contributed by atoms with Crippen LogP contribution in [0, 0.1) is 17.4 Å². The minimum Gasteiger partial charge on any atom is -0.497 e. The van der Waals surface area contributed by atoms with Crippen LogP contribution in [0.2, 0.25) is 0 Å². The first-order valence-corrected chi connectivity index (χ1v) is 10.2. The molecule has 0 radical (unpaired) electrons. The molecule has 1 aliphatic rings. The van der Waals surface area contributed by atoms with Crippen LogP contribution in [0.15, 0.2) is 48.5 Å². The molecule has 0 bridgehead atoms. The Morgan fingerprint density at radius 2 is 1.50 bits per heavy atom. The molecule has 2 aromatic carbocycles. The molecule has 28 heavy (non-hydrogen) atoms. The summed E-state index contributed by atoms with van der Waals surface area (Å²) < 4.78 is 5.24. The van der Waals surface area contributed by atoms with Crippen molar-refractivity contribution in [2.24, 2.45) is 10.8 Å². The molecule has 0 aliphatic carbocycles. The molecule has 1 heterocycles. The van der Waals surface area contributed by atoms with E-state index in [-0.39, 0.29) is 10.8 Å². The van der Waals surface area contributed by atoms with Gasteiger partial charge in [0.2, 0.25) is 6.54 Å². The molecule has 0 unspecified atom stereocenters. The summed E-state index contributed by atoms with van der Waals surface area (Å²) >= 11 is 0. The van der Waals surface area contributed by atoms with Crippen LogP contribution in [0.1, 0.15) is 39.2 Å². The second-order valence-corrected chi connectivity index (χ2v) is 9.05. The Kier molecular flexibility index (Phi) is 6.10. The standard InChI is InChI=1S/C25H32N2O/c1-24(2,3)25(19-26-4)14-16-27(17-15-25)18-20-6-8-21(9-7-20)22-10-12-23(28-5)13-11-22/h6-13H,14-19H2,1-3,5H3. The van der Waals surface area contributed by atoms with Crippen molar-refractivity contribution < 1.29 is 4.74 Å². The van der Waals surface area contributed by atoms with E-state index in [0.29, 0.717) is 6.54 Å². The number of hydrogen-bond acceptors (Lipinski definition) is 2. The summed E-state index contributed by atoms with van der Waals surface area (Å²) in [5.41, 5.74) is 4.13. The van der Waals surface area contributed by atoms with Crippen molar-refractivity contribution in [2.45, 2.75) is 40.2 Å². The highest BCUT2D eigenvalue weighted by molar-refractivity contribution is 5.64. The van der Waals surface area contributed by atoms with Crippen LogP contribution in [-0.4, -0.2) is 31.6 Å². The summed E-state index contributed by atoms with van der Waals surface area (Å²) in [5.74, 6) is 0.884. The highest BCUT2D eigenvalue weighted by atomic mass is 16.5. The summed E-state index contributed by atoms with van der Waals surface area (Å²) in [5, 5.41) is 0. The van der Waals surface area contributed by atoms with Crippen molar-refractivity contribution in [3.05, 3.63) is 65.5 Å². The van der Waals surface area contributed by atoms with Crippen LogP contribution >= 0.6 is 0 Å². The maximum Gasteiger partial charge on any atom is 0.220 e. The van der Waals surface area contributed by atoms with Gasteiger partial charge in [0.15, 0.2) is 0 Å². The van der Waals surface area contributed by atoms with Crippen molar-refractivity contribution >= 4 is 0 Å². The number of ether oxygens (including phenoxy) is 1. The molecule has 0 amide bonds. The fourth-order valence-electron chi connectivity index (χ4n) is 4.28. The number of benzene rings is 2.